The van der Waals surface area contributed by atoms with Gasteiger partial charge in [-0.05, 0) is 6.92 Å². The van der Waals surface area contributed by atoms with Gasteiger partial charge in [0.25, 0.3) is 0 Å². The molecule has 1 heterocycles. The summed E-state index contributed by atoms with van der Waals surface area (Å²) in [6.07, 6.45) is 1.38. The molecule has 5 nitrogen and oxygen atoms in total. The number of alkyl halides is 1. The lowest BCUT2D eigenvalue weighted by atomic mass is 10.6. The van der Waals surface area contributed by atoms with Crippen LogP contribution >= 0.6 is 11.6 Å². The van der Waals surface area contributed by atoms with Gasteiger partial charge in [0.1, 0.15) is 11.8 Å². The number of nitrogens with two attached hydrogens (primary N) is 1. The van der Waals surface area contributed by atoms with Crippen molar-refractivity contribution in [3.05, 3.63) is 12.2 Å². The monoisotopic (exact) mass is 187 g/mol. The van der Waals surface area contributed by atoms with Crippen LogP contribution in [0.3, 0.4) is 0 Å². The third-order valence-corrected chi connectivity index (χ3v) is 1.37. The second kappa shape index (κ2) is 4.18. The number of hydrogen-bond donors (Lipinski definition) is 2. The van der Waals surface area contributed by atoms with Crippen LogP contribution in [0.5, 0.6) is 0 Å². The molecule has 0 radical (unpaired) electrons. The van der Waals surface area contributed by atoms with E-state index in [1.807, 2.05) is 6.92 Å². The van der Waals surface area contributed by atoms with Gasteiger partial charge >= 0.3 is 0 Å². The highest BCUT2D eigenvalue weighted by Gasteiger charge is 2.05. The zero-order valence-corrected chi connectivity index (χ0v) is 7.41. The van der Waals surface area contributed by atoms with Gasteiger partial charge in [0, 0.05) is 6.54 Å². The summed E-state index contributed by atoms with van der Waals surface area (Å²) in [7, 11) is 0. The fourth-order valence-corrected chi connectivity index (χ4v) is 0.790. The Morgan fingerprint density at radius 3 is 3.00 bits per heavy atom. The van der Waals surface area contributed by atoms with Crippen LogP contribution in [0.25, 0.3) is 0 Å². The molecule has 0 saturated heterocycles. The molecule has 3 N–H and O–H groups in total. The largest absolute Gasteiger partial charge is 0.354 e. The average Bonchev–Trinajstić information content (AvgIpc) is 2.05. The molecule has 1 aromatic rings. The van der Waals surface area contributed by atoms with Crippen LogP contribution in [0.2, 0.25) is 0 Å². The SMILES string of the molecule is CCNc1ncnc(C(N)Cl)n1. The molecule has 6 heteroatoms. The number of nitrogens with zero attached hydrogens (tertiary/aromatic N) is 3. The van der Waals surface area contributed by atoms with E-state index in [2.05, 4.69) is 20.3 Å². The van der Waals surface area contributed by atoms with Gasteiger partial charge in [-0.25, -0.2) is 9.97 Å². The van der Waals surface area contributed by atoms with Gasteiger partial charge in [-0.1, -0.05) is 11.6 Å². The molecule has 0 amide bonds. The van der Waals surface area contributed by atoms with Crippen LogP contribution in [0.4, 0.5) is 5.95 Å². The Kier molecular flexibility index (Phi) is 3.19. The van der Waals surface area contributed by atoms with E-state index in [4.69, 9.17) is 17.3 Å². The third kappa shape index (κ3) is 2.28. The van der Waals surface area contributed by atoms with Crippen LogP contribution in [-0.2, 0) is 0 Å². The van der Waals surface area contributed by atoms with E-state index in [-0.39, 0.29) is 0 Å². The molecular weight excluding hydrogens is 178 g/mol. The number of anilines is 1. The lowest BCUT2D eigenvalue weighted by Gasteiger charge is -2.03. The first-order valence-electron chi connectivity index (χ1n) is 3.56. The Balaban J connectivity index is 2.81. The molecule has 12 heavy (non-hydrogen) atoms. The average molecular weight is 188 g/mol. The van der Waals surface area contributed by atoms with E-state index >= 15 is 0 Å². The number of hydrogen-bond acceptors (Lipinski definition) is 5. The van der Waals surface area contributed by atoms with E-state index < -0.39 is 5.50 Å². The normalized spacial score (nSPS) is 12.6. The highest BCUT2D eigenvalue weighted by molar-refractivity contribution is 6.20. The van der Waals surface area contributed by atoms with Crippen molar-refractivity contribution >= 4 is 17.5 Å². The molecule has 0 aliphatic heterocycles. The van der Waals surface area contributed by atoms with Crippen molar-refractivity contribution in [3.63, 3.8) is 0 Å². The molecular formula is C6H10ClN5. The predicted molar refractivity (Wildman–Crippen MR) is 46.8 cm³/mol. The van der Waals surface area contributed by atoms with Crippen molar-refractivity contribution in [3.8, 4) is 0 Å². The summed E-state index contributed by atoms with van der Waals surface area (Å²) in [5, 5.41) is 2.93. The smallest absolute Gasteiger partial charge is 0.226 e. The minimum atomic E-state index is -0.676. The number of halogens is 1. The molecule has 0 fully saturated rings. The van der Waals surface area contributed by atoms with Crippen molar-refractivity contribution in [2.45, 2.75) is 12.4 Å². The van der Waals surface area contributed by atoms with Crippen molar-refractivity contribution in [1.82, 2.24) is 15.0 Å². The molecule has 0 spiro atoms. The summed E-state index contributed by atoms with van der Waals surface area (Å²) in [6.45, 7) is 2.70. The van der Waals surface area contributed by atoms with Gasteiger partial charge in [0.2, 0.25) is 5.95 Å². The molecule has 0 aliphatic rings. The summed E-state index contributed by atoms with van der Waals surface area (Å²) >= 11 is 5.57. The maximum atomic E-state index is 5.57. The summed E-state index contributed by atoms with van der Waals surface area (Å²) in [6, 6.07) is 0. The van der Waals surface area contributed by atoms with Gasteiger partial charge in [0.05, 0.1) is 0 Å². The molecule has 0 aromatic carbocycles. The Hall–Kier alpha value is -0.940. The van der Waals surface area contributed by atoms with Crippen molar-refractivity contribution in [2.24, 2.45) is 5.73 Å². The summed E-state index contributed by atoms with van der Waals surface area (Å²) < 4.78 is 0. The summed E-state index contributed by atoms with van der Waals surface area (Å²) in [5.41, 5.74) is 4.69. The molecule has 0 saturated carbocycles. The molecule has 1 unspecified atom stereocenters. The highest BCUT2D eigenvalue weighted by atomic mass is 35.5. The third-order valence-electron chi connectivity index (χ3n) is 1.17. The van der Waals surface area contributed by atoms with Crippen LogP contribution in [0.15, 0.2) is 6.33 Å². The fraction of sp³-hybridized carbons (Fsp3) is 0.500. The summed E-state index contributed by atoms with van der Waals surface area (Å²) in [5.74, 6) is 0.876. The Labute approximate surface area is 75.4 Å². The number of rotatable bonds is 3. The molecule has 1 atom stereocenters. The standard InChI is InChI=1S/C6H10ClN5/c1-2-9-6-11-3-10-5(12-6)4(7)8/h3-4H,2,8H2,1H3,(H,9,10,11,12). The lowest BCUT2D eigenvalue weighted by molar-refractivity contribution is 0.848. The fourth-order valence-electron chi connectivity index (χ4n) is 0.685. The molecule has 0 bridgehead atoms. The maximum Gasteiger partial charge on any atom is 0.226 e. The number of aromatic nitrogens is 3. The zero-order chi connectivity index (χ0) is 8.97. The first kappa shape index (κ1) is 9.15. The van der Waals surface area contributed by atoms with E-state index in [1.165, 1.54) is 6.33 Å². The van der Waals surface area contributed by atoms with E-state index in [1.54, 1.807) is 0 Å². The Morgan fingerprint density at radius 2 is 2.42 bits per heavy atom. The van der Waals surface area contributed by atoms with Crippen LogP contribution in [0, 0.1) is 0 Å². The predicted octanol–water partition coefficient (Wildman–Crippen LogP) is 0.499. The summed E-state index contributed by atoms with van der Waals surface area (Å²) in [4.78, 5) is 11.6. The van der Waals surface area contributed by atoms with Crippen LogP contribution in [-0.4, -0.2) is 21.5 Å². The maximum absolute atomic E-state index is 5.57. The second-order valence-electron chi connectivity index (χ2n) is 2.10. The zero-order valence-electron chi connectivity index (χ0n) is 6.66. The van der Waals surface area contributed by atoms with E-state index in [0.29, 0.717) is 11.8 Å². The number of nitrogens with one attached hydrogen (secondary N) is 1. The van der Waals surface area contributed by atoms with Crippen molar-refractivity contribution < 1.29 is 0 Å². The van der Waals surface area contributed by atoms with Gasteiger partial charge in [0.15, 0.2) is 5.82 Å². The molecule has 1 aromatic heterocycles. The highest BCUT2D eigenvalue weighted by Crippen LogP contribution is 2.08. The topological polar surface area (TPSA) is 76.7 Å². The molecule has 66 valence electrons. The van der Waals surface area contributed by atoms with Gasteiger partial charge in [-0.2, -0.15) is 4.98 Å². The van der Waals surface area contributed by atoms with Gasteiger partial charge in [-0.15, -0.1) is 0 Å². The lowest BCUT2D eigenvalue weighted by Crippen LogP contribution is -2.11. The van der Waals surface area contributed by atoms with Crippen molar-refractivity contribution in [1.29, 1.82) is 0 Å². The van der Waals surface area contributed by atoms with Crippen LogP contribution in [0.1, 0.15) is 18.2 Å². The van der Waals surface area contributed by atoms with E-state index in [0.717, 1.165) is 6.54 Å². The van der Waals surface area contributed by atoms with Gasteiger partial charge in [-0.3, -0.25) is 0 Å². The first-order valence-corrected chi connectivity index (χ1v) is 4.00. The van der Waals surface area contributed by atoms with E-state index in [9.17, 15) is 0 Å². The second-order valence-corrected chi connectivity index (χ2v) is 2.57. The quantitative estimate of drug-likeness (QED) is 0.532. The first-order chi connectivity index (χ1) is 5.74. The minimum absolute atomic E-state index is 0.377. The van der Waals surface area contributed by atoms with Gasteiger partial charge < -0.3 is 11.1 Å². The van der Waals surface area contributed by atoms with Crippen molar-refractivity contribution in [2.75, 3.05) is 11.9 Å². The molecule has 0 aliphatic carbocycles. The Morgan fingerprint density at radius 1 is 1.67 bits per heavy atom. The van der Waals surface area contributed by atoms with Crippen LogP contribution < -0.4 is 11.1 Å². The Bertz CT molecular complexity index is 251. The minimum Gasteiger partial charge on any atom is -0.354 e. The molecule has 1 rings (SSSR count).